The molecule has 0 aliphatic heterocycles. The maximum atomic E-state index is 12.4. The Morgan fingerprint density at radius 2 is 1.96 bits per heavy atom. The first-order valence-corrected chi connectivity index (χ1v) is 8.11. The van der Waals surface area contributed by atoms with Gasteiger partial charge in [-0.3, -0.25) is 18.7 Å². The molecule has 10 nitrogen and oxygen atoms in total. The van der Waals surface area contributed by atoms with Gasteiger partial charge < -0.3 is 20.1 Å². The van der Waals surface area contributed by atoms with Gasteiger partial charge in [0, 0.05) is 14.1 Å². The molecular formula is C17H19N5O5. The molecule has 1 amide bonds. The van der Waals surface area contributed by atoms with E-state index < -0.39 is 23.3 Å². The third kappa shape index (κ3) is 3.34. The van der Waals surface area contributed by atoms with Crippen LogP contribution in [0.3, 0.4) is 0 Å². The summed E-state index contributed by atoms with van der Waals surface area (Å²) in [6, 6.07) is 6.44. The molecule has 0 spiro atoms. The van der Waals surface area contributed by atoms with Gasteiger partial charge >= 0.3 is 5.69 Å². The Labute approximate surface area is 153 Å². The van der Waals surface area contributed by atoms with Gasteiger partial charge in [0.2, 0.25) is 0 Å². The van der Waals surface area contributed by atoms with Gasteiger partial charge in [0.25, 0.3) is 11.5 Å². The highest BCUT2D eigenvalue weighted by atomic mass is 16.5. The molecule has 0 bridgehead atoms. The van der Waals surface area contributed by atoms with Crippen LogP contribution >= 0.6 is 0 Å². The third-order valence-electron chi connectivity index (χ3n) is 4.21. The quantitative estimate of drug-likeness (QED) is 0.567. The third-order valence-corrected chi connectivity index (χ3v) is 4.21. The van der Waals surface area contributed by atoms with Crippen LogP contribution < -0.4 is 21.7 Å². The average molecular weight is 373 g/mol. The first-order chi connectivity index (χ1) is 12.8. The van der Waals surface area contributed by atoms with E-state index in [1.807, 2.05) is 0 Å². The van der Waals surface area contributed by atoms with Crippen molar-refractivity contribution in [2.24, 2.45) is 19.8 Å². The molecule has 0 radical (unpaired) electrons. The fraction of sp³-hybridized carbons (Fsp3) is 0.294. The van der Waals surface area contributed by atoms with Gasteiger partial charge in [0.1, 0.15) is 18.5 Å². The van der Waals surface area contributed by atoms with Crippen molar-refractivity contribution in [1.82, 2.24) is 18.7 Å². The normalized spacial score (nSPS) is 12.3. The number of imidazole rings is 1. The Balaban J connectivity index is 1.82. The molecule has 0 saturated heterocycles. The zero-order valence-electron chi connectivity index (χ0n) is 14.8. The molecule has 0 aliphatic rings. The van der Waals surface area contributed by atoms with Crippen molar-refractivity contribution in [3.8, 4) is 5.75 Å². The lowest BCUT2D eigenvalue weighted by Crippen LogP contribution is -2.38. The van der Waals surface area contributed by atoms with Crippen molar-refractivity contribution in [1.29, 1.82) is 0 Å². The number of aromatic nitrogens is 4. The van der Waals surface area contributed by atoms with Crippen LogP contribution in [-0.2, 0) is 20.6 Å². The van der Waals surface area contributed by atoms with Crippen LogP contribution in [0.4, 0.5) is 0 Å². The number of fused-ring (bicyclic) bond motifs is 1. The van der Waals surface area contributed by atoms with Gasteiger partial charge in [-0.15, -0.1) is 0 Å². The Morgan fingerprint density at radius 3 is 2.67 bits per heavy atom. The molecule has 0 fully saturated rings. The number of amides is 1. The zero-order chi connectivity index (χ0) is 19.7. The summed E-state index contributed by atoms with van der Waals surface area (Å²) >= 11 is 0. The largest absolute Gasteiger partial charge is 0.490 e. The average Bonchev–Trinajstić information content (AvgIpc) is 3.06. The minimum absolute atomic E-state index is 0.0165. The lowest BCUT2D eigenvalue weighted by Gasteiger charge is -2.15. The fourth-order valence-electron chi connectivity index (χ4n) is 2.80. The molecule has 0 saturated carbocycles. The van der Waals surface area contributed by atoms with Gasteiger partial charge in [-0.2, -0.15) is 0 Å². The number of nitrogens with zero attached hydrogens (tertiary/aromatic N) is 4. The Bertz CT molecular complexity index is 1130. The summed E-state index contributed by atoms with van der Waals surface area (Å²) in [7, 11) is 2.89. The molecule has 27 heavy (non-hydrogen) atoms. The van der Waals surface area contributed by atoms with Crippen molar-refractivity contribution in [2.75, 3.05) is 6.61 Å². The van der Waals surface area contributed by atoms with E-state index in [1.165, 1.54) is 35.6 Å². The van der Waals surface area contributed by atoms with Gasteiger partial charge in [-0.25, -0.2) is 9.78 Å². The Kier molecular flexibility index (Phi) is 4.82. The minimum atomic E-state index is -0.995. The van der Waals surface area contributed by atoms with Crippen LogP contribution in [0.1, 0.15) is 10.4 Å². The van der Waals surface area contributed by atoms with Crippen LogP contribution in [0.2, 0.25) is 0 Å². The second-order valence-electron chi connectivity index (χ2n) is 6.10. The van der Waals surface area contributed by atoms with Gasteiger partial charge in [-0.1, -0.05) is 12.1 Å². The molecule has 2 heterocycles. The monoisotopic (exact) mass is 373 g/mol. The van der Waals surface area contributed by atoms with E-state index >= 15 is 0 Å². The van der Waals surface area contributed by atoms with E-state index in [0.717, 1.165) is 4.57 Å². The number of hydrogen-bond acceptors (Lipinski definition) is 6. The molecule has 0 aliphatic carbocycles. The topological polar surface area (TPSA) is 134 Å². The van der Waals surface area contributed by atoms with Crippen LogP contribution in [-0.4, -0.2) is 42.4 Å². The SMILES string of the molecule is Cn1c(=O)c2c(ncn2C[C@@H](O)COc2ccccc2C(N)=O)n(C)c1=O. The van der Waals surface area contributed by atoms with E-state index in [1.54, 1.807) is 18.2 Å². The molecule has 3 aromatic rings. The van der Waals surface area contributed by atoms with E-state index in [4.69, 9.17) is 10.5 Å². The van der Waals surface area contributed by atoms with Crippen molar-refractivity contribution in [3.63, 3.8) is 0 Å². The lowest BCUT2D eigenvalue weighted by molar-refractivity contribution is 0.0900. The van der Waals surface area contributed by atoms with Crippen molar-refractivity contribution < 1.29 is 14.6 Å². The number of carbonyl (C=O) groups is 1. The predicted octanol–water partition coefficient (Wildman–Crippen LogP) is -1.03. The lowest BCUT2D eigenvalue weighted by atomic mass is 10.2. The second-order valence-corrected chi connectivity index (χ2v) is 6.10. The van der Waals surface area contributed by atoms with Crippen LogP contribution in [0, 0.1) is 0 Å². The van der Waals surface area contributed by atoms with Gasteiger partial charge in [-0.05, 0) is 12.1 Å². The highest BCUT2D eigenvalue weighted by Crippen LogP contribution is 2.17. The first kappa shape index (κ1) is 18.4. The number of rotatable bonds is 6. The summed E-state index contributed by atoms with van der Waals surface area (Å²) in [5.74, 6) is -0.372. The summed E-state index contributed by atoms with van der Waals surface area (Å²) in [6.07, 6.45) is 0.386. The van der Waals surface area contributed by atoms with Crippen molar-refractivity contribution in [3.05, 3.63) is 57.0 Å². The number of aliphatic hydroxyl groups excluding tert-OH is 1. The number of aryl methyl sites for hydroxylation is 1. The second kappa shape index (κ2) is 7.08. The number of ether oxygens (including phenoxy) is 1. The zero-order valence-corrected chi connectivity index (χ0v) is 14.8. The molecule has 142 valence electrons. The molecule has 2 aromatic heterocycles. The summed E-state index contributed by atoms with van der Waals surface area (Å²) in [4.78, 5) is 39.8. The van der Waals surface area contributed by atoms with E-state index in [-0.39, 0.29) is 35.6 Å². The van der Waals surface area contributed by atoms with Crippen molar-refractivity contribution >= 4 is 17.1 Å². The van der Waals surface area contributed by atoms with E-state index in [2.05, 4.69) is 4.98 Å². The molecule has 3 rings (SSSR count). The highest BCUT2D eigenvalue weighted by Gasteiger charge is 2.17. The van der Waals surface area contributed by atoms with Gasteiger partial charge in [0.05, 0.1) is 18.4 Å². The Morgan fingerprint density at radius 1 is 1.26 bits per heavy atom. The van der Waals surface area contributed by atoms with Crippen molar-refractivity contribution in [2.45, 2.75) is 12.6 Å². The summed E-state index contributed by atoms with van der Waals surface area (Å²) < 4.78 is 9.20. The van der Waals surface area contributed by atoms with Crippen LogP contribution in [0.5, 0.6) is 5.75 Å². The summed E-state index contributed by atoms with van der Waals surface area (Å²) in [6.45, 7) is -0.112. The maximum Gasteiger partial charge on any atom is 0.332 e. The molecular weight excluding hydrogens is 354 g/mol. The first-order valence-electron chi connectivity index (χ1n) is 8.11. The summed E-state index contributed by atoms with van der Waals surface area (Å²) in [5.41, 5.74) is 4.95. The summed E-state index contributed by atoms with van der Waals surface area (Å²) in [5, 5.41) is 10.3. The molecule has 1 atom stereocenters. The molecule has 3 N–H and O–H groups in total. The standard InChI is InChI=1S/C17H19N5O5/c1-20-15-13(16(25)21(2)17(20)26)22(9-19-15)7-10(23)8-27-12-6-4-3-5-11(12)14(18)24/h3-6,9-10,23H,7-8H2,1-2H3,(H2,18,24)/t10-/m1/s1. The highest BCUT2D eigenvalue weighted by molar-refractivity contribution is 5.95. The number of para-hydroxylation sites is 1. The number of carbonyl (C=O) groups excluding carboxylic acids is 1. The maximum absolute atomic E-state index is 12.4. The number of primary amides is 1. The van der Waals surface area contributed by atoms with Gasteiger partial charge in [0.15, 0.2) is 11.2 Å². The predicted molar refractivity (Wildman–Crippen MR) is 96.7 cm³/mol. The number of hydrogen-bond donors (Lipinski definition) is 2. The molecule has 10 heteroatoms. The van der Waals surface area contributed by atoms with Crippen LogP contribution in [0.15, 0.2) is 40.2 Å². The Hall–Kier alpha value is -3.40. The van der Waals surface area contributed by atoms with E-state index in [9.17, 15) is 19.5 Å². The van der Waals surface area contributed by atoms with E-state index in [0.29, 0.717) is 0 Å². The minimum Gasteiger partial charge on any atom is -0.490 e. The number of nitrogens with two attached hydrogens (primary N) is 1. The fourth-order valence-corrected chi connectivity index (χ4v) is 2.80. The number of benzene rings is 1. The van der Waals surface area contributed by atoms with Crippen LogP contribution in [0.25, 0.3) is 11.2 Å². The molecule has 0 unspecified atom stereocenters. The number of aliphatic hydroxyl groups is 1. The smallest absolute Gasteiger partial charge is 0.332 e. The molecule has 1 aromatic carbocycles.